The lowest BCUT2D eigenvalue weighted by Crippen LogP contribution is -2.43. The van der Waals surface area contributed by atoms with Crippen LogP contribution in [0, 0.1) is 11.3 Å². The van der Waals surface area contributed by atoms with Gasteiger partial charge < -0.3 is 14.8 Å². The lowest BCUT2D eigenvalue weighted by atomic mass is 10.0. The lowest BCUT2D eigenvalue weighted by Gasteiger charge is -2.37. The van der Waals surface area contributed by atoms with Crippen LogP contribution in [0.4, 0.5) is 0 Å². The predicted octanol–water partition coefficient (Wildman–Crippen LogP) is 3.35. The third kappa shape index (κ3) is 3.51. The molecule has 1 fully saturated rings. The summed E-state index contributed by atoms with van der Waals surface area (Å²) in [5.41, 5.74) is 2.78. The zero-order valence-electron chi connectivity index (χ0n) is 16.0. The number of nitriles is 1. The van der Waals surface area contributed by atoms with E-state index in [0.717, 1.165) is 40.6 Å². The van der Waals surface area contributed by atoms with Crippen LogP contribution in [0.15, 0.2) is 17.6 Å². The number of piperidine rings is 1. The van der Waals surface area contributed by atoms with Crippen LogP contribution in [0.25, 0.3) is 21.3 Å². The second-order valence-corrected chi connectivity index (χ2v) is 8.38. The molecular formula is C20H25N5O2S. The fourth-order valence-electron chi connectivity index (χ4n) is 4.17. The molecule has 1 aliphatic heterocycles. The third-order valence-corrected chi connectivity index (χ3v) is 6.40. The number of nitrogens with zero attached hydrogens (tertiary/aromatic N) is 5. The van der Waals surface area contributed by atoms with Gasteiger partial charge >= 0.3 is 0 Å². The number of hydrogen-bond acceptors (Lipinski definition) is 7. The smallest absolute Gasteiger partial charge is 0.138 e. The molecule has 0 spiro atoms. The number of fused-ring (bicyclic) bond motifs is 3. The van der Waals surface area contributed by atoms with Crippen molar-refractivity contribution < 1.29 is 10.2 Å². The average molecular weight is 400 g/mol. The molecule has 28 heavy (non-hydrogen) atoms. The highest BCUT2D eigenvalue weighted by Crippen LogP contribution is 2.35. The molecule has 0 saturated carbocycles. The van der Waals surface area contributed by atoms with Gasteiger partial charge in [0, 0.05) is 25.6 Å². The van der Waals surface area contributed by atoms with Gasteiger partial charge in [0.1, 0.15) is 23.7 Å². The zero-order valence-corrected chi connectivity index (χ0v) is 16.8. The van der Waals surface area contributed by atoms with E-state index >= 15 is 0 Å². The van der Waals surface area contributed by atoms with Gasteiger partial charge in [0.25, 0.3) is 0 Å². The maximum absolute atomic E-state index is 10.6. The first kappa shape index (κ1) is 19.3. The number of aliphatic hydroxyl groups is 2. The van der Waals surface area contributed by atoms with Crippen molar-refractivity contribution in [3.05, 3.63) is 23.5 Å². The van der Waals surface area contributed by atoms with E-state index in [0.29, 0.717) is 31.6 Å². The Morgan fingerprint density at radius 2 is 2.25 bits per heavy atom. The number of likely N-dealkylation sites (tertiary alicyclic amines) is 1. The highest BCUT2D eigenvalue weighted by molar-refractivity contribution is 7.18. The maximum Gasteiger partial charge on any atom is 0.138 e. The Kier molecular flexibility index (Phi) is 5.60. The summed E-state index contributed by atoms with van der Waals surface area (Å²) in [5.74, 6) is 0.656. The molecule has 8 heteroatoms. The van der Waals surface area contributed by atoms with E-state index in [4.69, 9.17) is 5.26 Å². The van der Waals surface area contributed by atoms with Crippen LogP contribution in [0.2, 0.25) is 0 Å². The Bertz CT molecular complexity index is 1010. The van der Waals surface area contributed by atoms with Crippen molar-refractivity contribution in [3.63, 3.8) is 0 Å². The highest BCUT2D eigenvalue weighted by atomic mass is 32.1. The van der Waals surface area contributed by atoms with Crippen LogP contribution in [0.3, 0.4) is 0 Å². The SMILES string of the molecule is CC(O)c1nc2cnc3ccsc3c2n1C1CCCN(C(O)CCCC#N)C1. The molecule has 0 bridgehead atoms. The Labute approximate surface area is 167 Å². The maximum atomic E-state index is 10.6. The van der Waals surface area contributed by atoms with Crippen molar-refractivity contribution >= 4 is 32.6 Å². The lowest BCUT2D eigenvalue weighted by molar-refractivity contribution is -0.0259. The Balaban J connectivity index is 1.70. The molecule has 3 atom stereocenters. The number of unbranched alkanes of at least 4 members (excludes halogenated alkanes) is 1. The molecule has 4 heterocycles. The molecule has 4 rings (SSSR count). The van der Waals surface area contributed by atoms with Crippen LogP contribution in [-0.4, -0.2) is 49.0 Å². The molecule has 0 aliphatic carbocycles. The van der Waals surface area contributed by atoms with Gasteiger partial charge in [-0.15, -0.1) is 11.3 Å². The number of aromatic nitrogens is 3. The summed E-state index contributed by atoms with van der Waals surface area (Å²) in [6.45, 7) is 3.29. The van der Waals surface area contributed by atoms with Crippen LogP contribution in [0.1, 0.15) is 57.0 Å². The van der Waals surface area contributed by atoms with E-state index < -0.39 is 12.3 Å². The van der Waals surface area contributed by atoms with Crippen LogP contribution in [0.5, 0.6) is 0 Å². The first-order valence-corrected chi connectivity index (χ1v) is 10.7. The minimum atomic E-state index is -0.682. The molecule has 1 aliphatic rings. The highest BCUT2D eigenvalue weighted by Gasteiger charge is 2.30. The molecule has 0 amide bonds. The summed E-state index contributed by atoms with van der Waals surface area (Å²) < 4.78 is 3.26. The molecule has 2 N–H and O–H groups in total. The van der Waals surface area contributed by atoms with Crippen molar-refractivity contribution in [1.29, 1.82) is 5.26 Å². The Hall–Kier alpha value is -2.05. The topological polar surface area (TPSA) is 98.2 Å². The number of thiophene rings is 1. The monoisotopic (exact) mass is 399 g/mol. The second kappa shape index (κ2) is 8.13. The molecule has 3 aromatic heterocycles. The predicted molar refractivity (Wildman–Crippen MR) is 109 cm³/mol. The summed E-state index contributed by atoms with van der Waals surface area (Å²) in [4.78, 5) is 11.3. The molecule has 3 unspecified atom stereocenters. The van der Waals surface area contributed by atoms with E-state index in [1.165, 1.54) is 0 Å². The van der Waals surface area contributed by atoms with Crippen LogP contribution in [-0.2, 0) is 0 Å². The number of aliphatic hydroxyl groups excluding tert-OH is 2. The van der Waals surface area contributed by atoms with Gasteiger partial charge in [0.05, 0.1) is 28.0 Å². The van der Waals surface area contributed by atoms with Gasteiger partial charge in [-0.25, -0.2) is 4.98 Å². The molecular weight excluding hydrogens is 374 g/mol. The largest absolute Gasteiger partial charge is 0.385 e. The van der Waals surface area contributed by atoms with Crippen LogP contribution >= 0.6 is 11.3 Å². The molecule has 3 aromatic rings. The van der Waals surface area contributed by atoms with E-state index in [2.05, 4.69) is 25.5 Å². The summed E-state index contributed by atoms with van der Waals surface area (Å²) >= 11 is 1.64. The average Bonchev–Trinajstić information content (AvgIpc) is 3.32. The number of rotatable bonds is 6. The summed E-state index contributed by atoms with van der Waals surface area (Å²) in [6.07, 6.45) is 4.28. The van der Waals surface area contributed by atoms with Crippen molar-refractivity contribution in [2.45, 2.75) is 57.4 Å². The fraction of sp³-hybridized carbons (Fsp3) is 0.550. The molecule has 0 aromatic carbocycles. The normalized spacial score (nSPS) is 20.4. The van der Waals surface area contributed by atoms with E-state index in [-0.39, 0.29) is 6.04 Å². The molecule has 1 saturated heterocycles. The van der Waals surface area contributed by atoms with Gasteiger partial charge in [-0.2, -0.15) is 5.26 Å². The van der Waals surface area contributed by atoms with E-state index in [1.807, 2.05) is 11.4 Å². The van der Waals surface area contributed by atoms with Crippen LogP contribution < -0.4 is 0 Å². The van der Waals surface area contributed by atoms with Gasteiger partial charge in [-0.05, 0) is 44.1 Å². The molecule has 148 valence electrons. The third-order valence-electron chi connectivity index (χ3n) is 5.49. The van der Waals surface area contributed by atoms with Crippen molar-refractivity contribution in [3.8, 4) is 6.07 Å². The number of imidazole rings is 1. The van der Waals surface area contributed by atoms with Crippen molar-refractivity contribution in [2.75, 3.05) is 13.1 Å². The second-order valence-electron chi connectivity index (χ2n) is 7.46. The van der Waals surface area contributed by atoms with Gasteiger partial charge in [-0.3, -0.25) is 9.88 Å². The number of hydrogen-bond donors (Lipinski definition) is 2. The minimum absolute atomic E-state index is 0.127. The fourth-order valence-corrected chi connectivity index (χ4v) is 5.06. The first-order valence-electron chi connectivity index (χ1n) is 9.81. The van der Waals surface area contributed by atoms with Gasteiger partial charge in [-0.1, -0.05) is 0 Å². The minimum Gasteiger partial charge on any atom is -0.385 e. The van der Waals surface area contributed by atoms with Crippen molar-refractivity contribution in [1.82, 2.24) is 19.4 Å². The van der Waals surface area contributed by atoms with E-state index in [9.17, 15) is 10.2 Å². The first-order chi connectivity index (χ1) is 13.6. The Morgan fingerprint density at radius 1 is 1.39 bits per heavy atom. The Morgan fingerprint density at radius 3 is 3.04 bits per heavy atom. The molecule has 0 radical (unpaired) electrons. The quantitative estimate of drug-likeness (QED) is 0.617. The van der Waals surface area contributed by atoms with Gasteiger partial charge in [0.2, 0.25) is 0 Å². The number of pyridine rings is 1. The summed E-state index contributed by atoms with van der Waals surface area (Å²) in [5, 5.41) is 31.7. The summed E-state index contributed by atoms with van der Waals surface area (Å²) in [6, 6.07) is 4.27. The summed E-state index contributed by atoms with van der Waals surface area (Å²) in [7, 11) is 0. The van der Waals surface area contributed by atoms with Gasteiger partial charge in [0.15, 0.2) is 0 Å². The van der Waals surface area contributed by atoms with E-state index in [1.54, 1.807) is 24.5 Å². The standard InChI is InChI=1S/C20H25N5O2S/c1-13(26)20-23-16-11-22-15-7-10-28-19(15)18(16)25(20)14-5-4-9-24(12-14)17(27)6-2-3-8-21/h7,10-11,13-14,17,26-27H,2-6,9,12H2,1H3. The molecule has 7 nitrogen and oxygen atoms in total. The zero-order chi connectivity index (χ0) is 19.7. The van der Waals surface area contributed by atoms with Crippen molar-refractivity contribution in [2.24, 2.45) is 0 Å².